The second-order valence-electron chi connectivity index (χ2n) is 4.06. The van der Waals surface area contributed by atoms with E-state index in [1.165, 1.54) is 0 Å². The molecule has 7 heteroatoms. The monoisotopic (exact) mass is 270 g/mol. The Bertz CT molecular complexity index is 860. The van der Waals surface area contributed by atoms with Gasteiger partial charge in [-0.25, -0.2) is 15.0 Å². The molecule has 0 aliphatic rings. The first-order valence-electron chi connectivity index (χ1n) is 5.62. The minimum Gasteiger partial charge on any atom is -0.306 e. The molecule has 0 aromatic carbocycles. The van der Waals surface area contributed by atoms with Gasteiger partial charge in [0.05, 0.1) is 6.20 Å². The molecule has 0 radical (unpaired) electrons. The average molecular weight is 271 g/mol. The van der Waals surface area contributed by atoms with E-state index >= 15 is 0 Å². The third kappa shape index (κ3) is 1.57. The Hall–Kier alpha value is -2.47. The molecule has 0 amide bonds. The summed E-state index contributed by atoms with van der Waals surface area (Å²) in [5.74, 6) is 0.489. The molecule has 4 rings (SSSR count). The van der Waals surface area contributed by atoms with Crippen LogP contribution in [0.5, 0.6) is 0 Å². The predicted octanol–water partition coefficient (Wildman–Crippen LogP) is 2.32. The van der Waals surface area contributed by atoms with E-state index in [0.29, 0.717) is 27.7 Å². The van der Waals surface area contributed by atoms with E-state index in [1.54, 1.807) is 6.20 Å². The first kappa shape index (κ1) is 10.5. The molecule has 4 aromatic rings. The molecule has 4 aromatic heterocycles. The summed E-state index contributed by atoms with van der Waals surface area (Å²) in [5, 5.41) is 7.00. The van der Waals surface area contributed by atoms with Gasteiger partial charge >= 0.3 is 0 Å². The summed E-state index contributed by atoms with van der Waals surface area (Å²) < 4.78 is 1.91. The summed E-state index contributed by atoms with van der Waals surface area (Å²) in [6.45, 7) is 0. The number of aromatic amines is 1. The molecule has 1 N–H and O–H groups in total. The van der Waals surface area contributed by atoms with Crippen molar-refractivity contribution in [2.75, 3.05) is 0 Å². The molecule has 0 spiro atoms. The maximum absolute atomic E-state index is 6.10. The van der Waals surface area contributed by atoms with Gasteiger partial charge in [-0.05, 0) is 12.1 Å². The van der Waals surface area contributed by atoms with Crippen LogP contribution >= 0.6 is 11.6 Å². The number of halogens is 1. The molecule has 92 valence electrons. The number of fused-ring (bicyclic) bond motifs is 2. The zero-order valence-corrected chi connectivity index (χ0v) is 10.3. The van der Waals surface area contributed by atoms with Gasteiger partial charge in [-0.3, -0.25) is 5.10 Å². The van der Waals surface area contributed by atoms with Crippen molar-refractivity contribution < 1.29 is 0 Å². The molecule has 0 saturated heterocycles. The number of pyridine rings is 1. The first-order chi connectivity index (χ1) is 9.31. The van der Waals surface area contributed by atoms with Gasteiger partial charge in [-0.1, -0.05) is 17.7 Å². The van der Waals surface area contributed by atoms with Gasteiger partial charge in [0, 0.05) is 12.4 Å². The normalized spacial score (nSPS) is 11.4. The quantitative estimate of drug-likeness (QED) is 0.539. The largest absolute Gasteiger partial charge is 0.306 e. The molecule has 0 saturated carbocycles. The van der Waals surface area contributed by atoms with Crippen LogP contribution < -0.4 is 0 Å². The first-order valence-corrected chi connectivity index (χ1v) is 6.00. The Morgan fingerprint density at radius 1 is 1.16 bits per heavy atom. The maximum atomic E-state index is 6.10. The Morgan fingerprint density at radius 2 is 2.11 bits per heavy atom. The summed E-state index contributed by atoms with van der Waals surface area (Å²) >= 11 is 6.10. The number of nitrogens with one attached hydrogen (secondary N) is 1. The molecule has 0 bridgehead atoms. The zero-order chi connectivity index (χ0) is 12.8. The molecule has 0 fully saturated rings. The Morgan fingerprint density at radius 3 is 3.00 bits per heavy atom. The molecule has 19 heavy (non-hydrogen) atoms. The van der Waals surface area contributed by atoms with Crippen molar-refractivity contribution in [2.45, 2.75) is 0 Å². The van der Waals surface area contributed by atoms with Gasteiger partial charge in [0.1, 0.15) is 22.4 Å². The summed E-state index contributed by atoms with van der Waals surface area (Å²) in [5.41, 5.74) is 2.82. The van der Waals surface area contributed by atoms with E-state index in [2.05, 4.69) is 25.1 Å². The van der Waals surface area contributed by atoms with E-state index in [9.17, 15) is 0 Å². The lowest BCUT2D eigenvalue weighted by Crippen LogP contribution is -1.90. The number of hydrogen-bond donors (Lipinski definition) is 1. The van der Waals surface area contributed by atoms with Crippen LogP contribution in [0.25, 0.3) is 28.2 Å². The second-order valence-corrected chi connectivity index (χ2v) is 4.42. The molecule has 6 nitrogen and oxygen atoms in total. The van der Waals surface area contributed by atoms with Crippen LogP contribution in [0.4, 0.5) is 0 Å². The van der Waals surface area contributed by atoms with Crippen molar-refractivity contribution in [2.24, 2.45) is 0 Å². The summed E-state index contributed by atoms with van der Waals surface area (Å²) in [7, 11) is 0. The topological polar surface area (TPSA) is 71.8 Å². The summed E-state index contributed by atoms with van der Waals surface area (Å²) in [6.07, 6.45) is 5.40. The molecule has 4 heterocycles. The van der Waals surface area contributed by atoms with Crippen LogP contribution in [0.3, 0.4) is 0 Å². The van der Waals surface area contributed by atoms with Crippen LogP contribution in [0.2, 0.25) is 5.15 Å². The lowest BCUT2D eigenvalue weighted by molar-refractivity contribution is 1.11. The van der Waals surface area contributed by atoms with Gasteiger partial charge < -0.3 is 4.40 Å². The number of rotatable bonds is 1. The zero-order valence-electron chi connectivity index (χ0n) is 9.58. The number of imidazole rings is 1. The Balaban J connectivity index is 1.97. The van der Waals surface area contributed by atoms with Crippen LogP contribution in [0.1, 0.15) is 0 Å². The molecular formula is C12H7ClN6. The van der Waals surface area contributed by atoms with Crippen LogP contribution in [0, 0.1) is 0 Å². The van der Waals surface area contributed by atoms with Crippen LogP contribution in [0.15, 0.2) is 36.8 Å². The summed E-state index contributed by atoms with van der Waals surface area (Å²) in [6, 6.07) is 5.78. The number of aromatic nitrogens is 6. The minimum atomic E-state index is 0.342. The Kier molecular flexibility index (Phi) is 2.07. The third-order valence-electron chi connectivity index (χ3n) is 2.85. The van der Waals surface area contributed by atoms with Crippen molar-refractivity contribution in [1.82, 2.24) is 29.5 Å². The van der Waals surface area contributed by atoms with Gasteiger partial charge in [-0.15, -0.1) is 0 Å². The van der Waals surface area contributed by atoms with Gasteiger partial charge in [0.15, 0.2) is 11.0 Å². The average Bonchev–Trinajstić information content (AvgIpc) is 3.04. The van der Waals surface area contributed by atoms with Gasteiger partial charge in [0.2, 0.25) is 0 Å². The van der Waals surface area contributed by atoms with E-state index in [-0.39, 0.29) is 0 Å². The van der Waals surface area contributed by atoms with Crippen LogP contribution in [-0.4, -0.2) is 29.5 Å². The van der Waals surface area contributed by atoms with Crippen molar-refractivity contribution >= 4 is 28.3 Å². The van der Waals surface area contributed by atoms with Crippen molar-refractivity contribution in [3.63, 3.8) is 0 Å². The number of nitrogens with zero attached hydrogens (tertiary/aromatic N) is 5. The van der Waals surface area contributed by atoms with E-state index in [4.69, 9.17) is 11.6 Å². The highest BCUT2D eigenvalue weighted by atomic mass is 35.5. The molecule has 0 aliphatic heterocycles. The second kappa shape index (κ2) is 3.76. The van der Waals surface area contributed by atoms with E-state index < -0.39 is 0 Å². The SMILES string of the molecule is Clc1nc(-c2cn3ccccc3n2)nc2cn[nH]c12. The Labute approximate surface area is 112 Å². The lowest BCUT2D eigenvalue weighted by atomic mass is 10.4. The lowest BCUT2D eigenvalue weighted by Gasteiger charge is -1.96. The van der Waals surface area contributed by atoms with Crippen molar-refractivity contribution in [3.8, 4) is 11.5 Å². The number of H-pyrrole nitrogens is 1. The third-order valence-corrected chi connectivity index (χ3v) is 3.12. The molecule has 0 aliphatic carbocycles. The fourth-order valence-electron chi connectivity index (χ4n) is 1.96. The van der Waals surface area contributed by atoms with Crippen LogP contribution in [-0.2, 0) is 0 Å². The van der Waals surface area contributed by atoms with Gasteiger partial charge in [-0.2, -0.15) is 5.10 Å². The highest BCUT2D eigenvalue weighted by Gasteiger charge is 2.12. The molecular weight excluding hydrogens is 264 g/mol. The van der Waals surface area contributed by atoms with E-state index in [0.717, 1.165) is 5.65 Å². The van der Waals surface area contributed by atoms with Crippen molar-refractivity contribution in [1.29, 1.82) is 0 Å². The van der Waals surface area contributed by atoms with Gasteiger partial charge in [0.25, 0.3) is 0 Å². The summed E-state index contributed by atoms with van der Waals surface area (Å²) in [4.78, 5) is 13.1. The highest BCUT2D eigenvalue weighted by molar-refractivity contribution is 6.33. The molecule has 0 atom stereocenters. The van der Waals surface area contributed by atoms with E-state index in [1.807, 2.05) is 35.0 Å². The minimum absolute atomic E-state index is 0.342. The smallest absolute Gasteiger partial charge is 0.181 e. The fourth-order valence-corrected chi connectivity index (χ4v) is 2.18. The number of hydrogen-bond acceptors (Lipinski definition) is 4. The van der Waals surface area contributed by atoms with Crippen molar-refractivity contribution in [3.05, 3.63) is 41.9 Å². The fraction of sp³-hybridized carbons (Fsp3) is 0. The molecule has 0 unspecified atom stereocenters. The predicted molar refractivity (Wildman–Crippen MR) is 70.9 cm³/mol. The highest BCUT2D eigenvalue weighted by Crippen LogP contribution is 2.22. The maximum Gasteiger partial charge on any atom is 0.181 e. The standard InChI is InChI=1S/C12H7ClN6/c13-11-10-7(5-14-18-10)16-12(17-11)8-6-19-4-2-1-3-9(19)15-8/h1-6H,(H,14,18).